The summed E-state index contributed by atoms with van der Waals surface area (Å²) in [6, 6.07) is 0. The number of anilines is 1. The van der Waals surface area contributed by atoms with Gasteiger partial charge in [0.05, 0.1) is 15.1 Å². The minimum absolute atomic E-state index is 0.791. The van der Waals surface area contributed by atoms with Gasteiger partial charge >= 0.3 is 0 Å². The molecule has 1 aromatic heterocycles. The van der Waals surface area contributed by atoms with Crippen molar-refractivity contribution in [2.24, 2.45) is 0 Å². The Labute approximate surface area is 77.6 Å². The Bertz CT molecular complexity index is 244. The first-order valence-electron chi connectivity index (χ1n) is 2.69. The summed E-state index contributed by atoms with van der Waals surface area (Å²) in [5.41, 5.74) is 1.05. The van der Waals surface area contributed by atoms with Crippen molar-refractivity contribution < 1.29 is 0 Å². The van der Waals surface area contributed by atoms with Crippen LogP contribution in [0.3, 0.4) is 0 Å². The first-order valence-corrected chi connectivity index (χ1v) is 4.84. The van der Waals surface area contributed by atoms with E-state index in [-0.39, 0.29) is 0 Å². The van der Waals surface area contributed by atoms with E-state index in [1.165, 1.54) is 0 Å². The van der Waals surface area contributed by atoms with Crippen LogP contribution in [-0.4, -0.2) is 4.99 Å². The highest BCUT2D eigenvalue weighted by Gasteiger charge is 1.98. The van der Waals surface area contributed by atoms with Crippen molar-refractivity contribution in [2.45, 2.75) is 6.92 Å². The average Bonchev–Trinajstić information content (AvgIpc) is 2.15. The molecule has 0 aromatic carbocycles. The zero-order chi connectivity index (χ0) is 7.56. The van der Waals surface area contributed by atoms with Crippen molar-refractivity contribution in [2.75, 3.05) is 5.32 Å². The molecule has 1 heterocycles. The molecule has 1 N–H and O–H groups in total. The van der Waals surface area contributed by atoms with Gasteiger partial charge in [-0.05, 0) is 22.9 Å². The Kier molecular flexibility index (Phi) is 2.82. The molecule has 54 valence electrons. The Morgan fingerprint density at radius 1 is 1.70 bits per heavy atom. The van der Waals surface area contributed by atoms with Gasteiger partial charge in [0.1, 0.15) is 0 Å². The molecule has 1 rings (SSSR count). The molecule has 4 heteroatoms. The van der Waals surface area contributed by atoms with Crippen LogP contribution in [0.1, 0.15) is 6.92 Å². The van der Waals surface area contributed by atoms with Gasteiger partial charge in [0.25, 0.3) is 0 Å². The molecule has 0 saturated carbocycles. The Morgan fingerprint density at radius 2 is 2.40 bits per heavy atom. The standard InChI is InChI=1S/C6H6BrNS2/c1-4(9)8-6-3-10-2-5(6)7/h2-3H,1H3,(H,8,9). The molecule has 0 unspecified atom stereocenters. The molecule has 0 saturated heterocycles. The van der Waals surface area contributed by atoms with Crippen molar-refractivity contribution in [3.63, 3.8) is 0 Å². The lowest BCUT2D eigenvalue weighted by atomic mass is 10.5. The highest BCUT2D eigenvalue weighted by molar-refractivity contribution is 9.10. The van der Waals surface area contributed by atoms with E-state index in [0.717, 1.165) is 15.1 Å². The van der Waals surface area contributed by atoms with Crippen LogP contribution in [0.25, 0.3) is 0 Å². The molecular weight excluding hydrogens is 230 g/mol. The summed E-state index contributed by atoms with van der Waals surface area (Å²) in [7, 11) is 0. The van der Waals surface area contributed by atoms with Crippen molar-refractivity contribution >= 4 is 50.2 Å². The van der Waals surface area contributed by atoms with Gasteiger partial charge in [-0.15, -0.1) is 11.3 Å². The number of rotatable bonds is 1. The van der Waals surface area contributed by atoms with E-state index in [9.17, 15) is 0 Å². The molecule has 0 bridgehead atoms. The molecule has 0 fully saturated rings. The molecule has 10 heavy (non-hydrogen) atoms. The lowest BCUT2D eigenvalue weighted by Crippen LogP contribution is -2.01. The van der Waals surface area contributed by atoms with Gasteiger partial charge in [-0.3, -0.25) is 0 Å². The molecular formula is C6H6BrNS2. The second kappa shape index (κ2) is 3.46. The van der Waals surface area contributed by atoms with Crippen LogP contribution in [-0.2, 0) is 0 Å². The van der Waals surface area contributed by atoms with E-state index < -0.39 is 0 Å². The fourth-order valence-corrected chi connectivity index (χ4v) is 2.00. The number of hydrogen-bond donors (Lipinski definition) is 1. The predicted octanol–water partition coefficient (Wildman–Crippen LogP) is 3.27. The molecule has 0 radical (unpaired) electrons. The lowest BCUT2D eigenvalue weighted by Gasteiger charge is -1.99. The largest absolute Gasteiger partial charge is 0.349 e. The summed E-state index contributed by atoms with van der Waals surface area (Å²) >= 11 is 9.90. The number of thiophene rings is 1. The van der Waals surface area contributed by atoms with E-state index in [0.29, 0.717) is 0 Å². The van der Waals surface area contributed by atoms with Gasteiger partial charge in [0.2, 0.25) is 0 Å². The SMILES string of the molecule is CC(=S)Nc1cscc1Br. The molecule has 0 aliphatic carbocycles. The fourth-order valence-electron chi connectivity index (χ4n) is 0.560. The predicted molar refractivity (Wildman–Crippen MR) is 53.9 cm³/mol. The Balaban J connectivity index is 2.74. The summed E-state index contributed by atoms with van der Waals surface area (Å²) in [6.45, 7) is 1.86. The van der Waals surface area contributed by atoms with Gasteiger partial charge < -0.3 is 5.32 Å². The minimum atomic E-state index is 0.791. The average molecular weight is 236 g/mol. The Morgan fingerprint density at radius 3 is 2.80 bits per heavy atom. The fraction of sp³-hybridized carbons (Fsp3) is 0.167. The number of hydrogen-bond acceptors (Lipinski definition) is 2. The van der Waals surface area contributed by atoms with Crippen LogP contribution in [0.5, 0.6) is 0 Å². The quantitative estimate of drug-likeness (QED) is 0.751. The number of thiocarbonyl (C=S) groups is 1. The van der Waals surface area contributed by atoms with E-state index in [1.807, 2.05) is 17.7 Å². The minimum Gasteiger partial charge on any atom is -0.349 e. The van der Waals surface area contributed by atoms with Crippen molar-refractivity contribution in [1.82, 2.24) is 0 Å². The van der Waals surface area contributed by atoms with Gasteiger partial charge in [0.15, 0.2) is 0 Å². The smallest absolute Gasteiger partial charge is 0.0766 e. The van der Waals surface area contributed by atoms with Crippen molar-refractivity contribution in [3.8, 4) is 0 Å². The first-order chi connectivity index (χ1) is 4.70. The monoisotopic (exact) mass is 235 g/mol. The second-order valence-electron chi connectivity index (χ2n) is 1.81. The van der Waals surface area contributed by atoms with Crippen LogP contribution in [0, 0.1) is 0 Å². The molecule has 0 spiro atoms. The van der Waals surface area contributed by atoms with Crippen LogP contribution >= 0.6 is 39.5 Å². The van der Waals surface area contributed by atoms with Crippen molar-refractivity contribution in [1.29, 1.82) is 0 Å². The third kappa shape index (κ3) is 2.04. The topological polar surface area (TPSA) is 12.0 Å². The lowest BCUT2D eigenvalue weighted by molar-refractivity contribution is 1.70. The van der Waals surface area contributed by atoms with Crippen LogP contribution in [0.4, 0.5) is 5.69 Å². The van der Waals surface area contributed by atoms with Gasteiger partial charge in [-0.1, -0.05) is 12.2 Å². The summed E-state index contributed by atoms with van der Waals surface area (Å²) in [5.74, 6) is 0. The summed E-state index contributed by atoms with van der Waals surface area (Å²) in [6.07, 6.45) is 0. The van der Waals surface area contributed by atoms with Crippen LogP contribution < -0.4 is 5.32 Å². The third-order valence-electron chi connectivity index (χ3n) is 0.925. The molecule has 0 amide bonds. The van der Waals surface area contributed by atoms with E-state index in [2.05, 4.69) is 21.2 Å². The molecule has 0 atom stereocenters. The summed E-state index contributed by atoms with van der Waals surface area (Å²) in [4.78, 5) is 0.791. The Hall–Kier alpha value is 0.0700. The molecule has 1 nitrogen and oxygen atoms in total. The van der Waals surface area contributed by atoms with E-state index in [1.54, 1.807) is 11.3 Å². The van der Waals surface area contributed by atoms with Crippen molar-refractivity contribution in [3.05, 3.63) is 15.2 Å². The van der Waals surface area contributed by atoms with E-state index >= 15 is 0 Å². The molecule has 0 aliphatic heterocycles. The molecule has 0 aliphatic rings. The number of nitrogens with one attached hydrogen (secondary N) is 1. The maximum Gasteiger partial charge on any atom is 0.0766 e. The zero-order valence-electron chi connectivity index (χ0n) is 5.35. The van der Waals surface area contributed by atoms with Crippen LogP contribution in [0.2, 0.25) is 0 Å². The van der Waals surface area contributed by atoms with Gasteiger partial charge in [-0.2, -0.15) is 0 Å². The highest BCUT2D eigenvalue weighted by atomic mass is 79.9. The first kappa shape index (κ1) is 8.17. The van der Waals surface area contributed by atoms with E-state index in [4.69, 9.17) is 12.2 Å². The normalized spacial score (nSPS) is 9.40. The maximum absolute atomic E-state index is 4.88. The summed E-state index contributed by atoms with van der Waals surface area (Å²) < 4.78 is 1.07. The van der Waals surface area contributed by atoms with Crippen LogP contribution in [0.15, 0.2) is 15.2 Å². The second-order valence-corrected chi connectivity index (χ2v) is 4.02. The highest BCUT2D eigenvalue weighted by Crippen LogP contribution is 2.26. The maximum atomic E-state index is 4.88. The number of halogens is 1. The van der Waals surface area contributed by atoms with Gasteiger partial charge in [0, 0.05) is 10.8 Å². The molecule has 1 aromatic rings. The third-order valence-corrected chi connectivity index (χ3v) is 2.73. The summed E-state index contributed by atoms with van der Waals surface area (Å²) in [5, 5.41) is 7.08. The zero-order valence-corrected chi connectivity index (χ0v) is 8.57. The van der Waals surface area contributed by atoms with Gasteiger partial charge in [-0.25, -0.2) is 0 Å².